The fourth-order valence-electron chi connectivity index (χ4n) is 4.77. The number of aryl methyl sites for hydroxylation is 1. The van der Waals surface area contributed by atoms with E-state index in [4.69, 9.17) is 10.5 Å². The van der Waals surface area contributed by atoms with Crippen LogP contribution >= 0.6 is 11.3 Å². The van der Waals surface area contributed by atoms with Crippen molar-refractivity contribution in [3.8, 4) is 11.1 Å². The number of benzene rings is 1. The number of thiophene rings is 1. The average molecular weight is 443 g/mol. The van der Waals surface area contributed by atoms with Gasteiger partial charge in [-0.25, -0.2) is 0 Å². The second-order valence-electron chi connectivity index (χ2n) is 8.55. The first kappa shape index (κ1) is 21.5. The van der Waals surface area contributed by atoms with E-state index in [0.29, 0.717) is 29.3 Å². The first-order valence-electron chi connectivity index (χ1n) is 10.4. The minimum Gasteiger partial charge on any atom is -0.481 e. The Labute approximate surface area is 184 Å². The van der Waals surface area contributed by atoms with E-state index in [9.17, 15) is 19.5 Å². The number of rotatable bonds is 6. The Morgan fingerprint density at radius 1 is 1.13 bits per heavy atom. The van der Waals surface area contributed by atoms with Crippen LogP contribution in [0.25, 0.3) is 11.1 Å². The standard InChI is InChI=1S/C23H26N2O5S/c1-10(2)12-4-6-13(7-5-12)16-11(3)31-22(19(16)20(24)26)25-21(27)17-14-8-9-15(30-14)18(17)23(28)29/h4-7,10,14-15,17-18H,8-9H2,1-3H3,(H2,24,26)(H,25,27)(H,28,29)/t14-,15+,17+,18-/m0/s1. The zero-order chi connectivity index (χ0) is 22.4. The Morgan fingerprint density at radius 3 is 2.29 bits per heavy atom. The van der Waals surface area contributed by atoms with E-state index in [1.54, 1.807) is 0 Å². The lowest BCUT2D eigenvalue weighted by Gasteiger charge is -2.23. The summed E-state index contributed by atoms with van der Waals surface area (Å²) in [6, 6.07) is 7.94. The van der Waals surface area contributed by atoms with Gasteiger partial charge in [-0.05, 0) is 36.8 Å². The van der Waals surface area contributed by atoms with Crippen molar-refractivity contribution in [2.75, 3.05) is 5.32 Å². The first-order chi connectivity index (χ1) is 14.7. The number of primary amides is 1. The summed E-state index contributed by atoms with van der Waals surface area (Å²) in [5.41, 5.74) is 8.69. The van der Waals surface area contributed by atoms with E-state index in [-0.39, 0.29) is 5.56 Å². The number of carboxylic acid groups (broad SMARTS) is 1. The summed E-state index contributed by atoms with van der Waals surface area (Å²) in [5.74, 6) is -3.38. The monoisotopic (exact) mass is 442 g/mol. The number of carbonyl (C=O) groups is 3. The maximum atomic E-state index is 13.1. The van der Waals surface area contributed by atoms with Crippen molar-refractivity contribution < 1.29 is 24.2 Å². The zero-order valence-electron chi connectivity index (χ0n) is 17.7. The molecule has 2 aliphatic rings. The molecule has 4 N–H and O–H groups in total. The maximum Gasteiger partial charge on any atom is 0.310 e. The lowest BCUT2D eigenvalue weighted by atomic mass is 9.78. The predicted octanol–water partition coefficient (Wildman–Crippen LogP) is 3.76. The Balaban J connectivity index is 1.67. The number of fused-ring (bicyclic) bond motifs is 2. The van der Waals surface area contributed by atoms with E-state index < -0.39 is 41.8 Å². The number of amides is 2. The normalized spacial score (nSPS) is 24.5. The van der Waals surface area contributed by atoms with Crippen LogP contribution in [0.1, 0.15) is 53.4 Å². The van der Waals surface area contributed by atoms with E-state index in [1.807, 2.05) is 31.2 Å². The molecule has 0 unspecified atom stereocenters. The largest absolute Gasteiger partial charge is 0.481 e. The molecule has 8 heteroatoms. The molecule has 2 amide bonds. The number of carbonyl (C=O) groups excluding carboxylic acids is 2. The molecule has 164 valence electrons. The van der Waals surface area contributed by atoms with Crippen molar-refractivity contribution in [3.63, 3.8) is 0 Å². The van der Waals surface area contributed by atoms with E-state index in [2.05, 4.69) is 19.2 Å². The SMILES string of the molecule is Cc1sc(NC(=O)[C@H]2[C@@H](C(=O)O)[C@H]3CC[C@@H]2O3)c(C(N)=O)c1-c1ccc(C(C)C)cc1. The molecule has 2 aliphatic heterocycles. The van der Waals surface area contributed by atoms with Gasteiger partial charge in [0.2, 0.25) is 5.91 Å². The van der Waals surface area contributed by atoms with Gasteiger partial charge in [0.15, 0.2) is 0 Å². The van der Waals surface area contributed by atoms with Crippen molar-refractivity contribution in [3.05, 3.63) is 40.3 Å². The van der Waals surface area contributed by atoms with Gasteiger partial charge >= 0.3 is 5.97 Å². The summed E-state index contributed by atoms with van der Waals surface area (Å²) in [6.07, 6.45) is 0.458. The number of carboxylic acids is 1. The second kappa shape index (κ2) is 8.09. The van der Waals surface area contributed by atoms with Gasteiger partial charge in [-0.2, -0.15) is 0 Å². The number of hydrogen-bond donors (Lipinski definition) is 3. The van der Waals surface area contributed by atoms with Crippen LogP contribution in [-0.4, -0.2) is 35.1 Å². The van der Waals surface area contributed by atoms with Crippen molar-refractivity contribution in [2.45, 2.75) is 51.7 Å². The van der Waals surface area contributed by atoms with E-state index >= 15 is 0 Å². The number of aliphatic carboxylic acids is 1. The number of hydrogen-bond acceptors (Lipinski definition) is 5. The Hall–Kier alpha value is -2.71. The fourth-order valence-corrected chi connectivity index (χ4v) is 5.85. The van der Waals surface area contributed by atoms with Crippen LogP contribution in [0.5, 0.6) is 0 Å². The molecule has 0 saturated carbocycles. The minimum atomic E-state index is -1.03. The highest BCUT2D eigenvalue weighted by Gasteiger charge is 2.55. The lowest BCUT2D eigenvalue weighted by Crippen LogP contribution is -2.41. The van der Waals surface area contributed by atoms with E-state index in [0.717, 1.165) is 10.4 Å². The molecule has 4 rings (SSSR count). The van der Waals surface area contributed by atoms with Crippen LogP contribution in [0.15, 0.2) is 24.3 Å². The van der Waals surface area contributed by atoms with Gasteiger partial charge < -0.3 is 20.9 Å². The third-order valence-corrected chi connectivity index (χ3v) is 7.32. The molecule has 0 radical (unpaired) electrons. The van der Waals surface area contributed by atoms with E-state index in [1.165, 1.54) is 16.9 Å². The Bertz CT molecular complexity index is 1040. The molecule has 3 heterocycles. The van der Waals surface area contributed by atoms with Crippen LogP contribution < -0.4 is 11.1 Å². The summed E-state index contributed by atoms with van der Waals surface area (Å²) in [5, 5.41) is 12.7. The number of nitrogens with one attached hydrogen (secondary N) is 1. The van der Waals surface area contributed by atoms with Crippen molar-refractivity contribution in [1.82, 2.24) is 0 Å². The van der Waals surface area contributed by atoms with Crippen molar-refractivity contribution >= 4 is 34.1 Å². The van der Waals surface area contributed by atoms with Gasteiger partial charge in [0, 0.05) is 10.4 Å². The summed E-state index contributed by atoms with van der Waals surface area (Å²) in [6.45, 7) is 6.09. The summed E-state index contributed by atoms with van der Waals surface area (Å²) in [7, 11) is 0. The quantitative estimate of drug-likeness (QED) is 0.629. The van der Waals surface area contributed by atoms with Crippen molar-refractivity contribution in [2.24, 2.45) is 17.6 Å². The molecular formula is C23H26N2O5S. The topological polar surface area (TPSA) is 119 Å². The third-order valence-electron chi connectivity index (χ3n) is 6.29. The average Bonchev–Trinajstić information content (AvgIpc) is 3.40. The summed E-state index contributed by atoms with van der Waals surface area (Å²) >= 11 is 1.27. The summed E-state index contributed by atoms with van der Waals surface area (Å²) in [4.78, 5) is 38.0. The molecule has 2 fully saturated rings. The van der Waals surface area contributed by atoms with Crippen LogP contribution in [0.4, 0.5) is 5.00 Å². The van der Waals surface area contributed by atoms with Gasteiger partial charge in [-0.1, -0.05) is 38.1 Å². The molecule has 0 spiro atoms. The van der Waals surface area contributed by atoms with Gasteiger partial charge in [-0.3, -0.25) is 14.4 Å². The van der Waals surface area contributed by atoms with Crippen LogP contribution in [0.3, 0.4) is 0 Å². The third kappa shape index (κ3) is 3.74. The molecule has 7 nitrogen and oxygen atoms in total. The number of nitrogens with two attached hydrogens (primary N) is 1. The van der Waals surface area contributed by atoms with Crippen LogP contribution in [0, 0.1) is 18.8 Å². The van der Waals surface area contributed by atoms with Gasteiger partial charge in [0.1, 0.15) is 5.00 Å². The highest BCUT2D eigenvalue weighted by atomic mass is 32.1. The molecule has 2 bridgehead atoms. The number of ether oxygens (including phenoxy) is 1. The van der Waals surface area contributed by atoms with Crippen molar-refractivity contribution in [1.29, 1.82) is 0 Å². The maximum absolute atomic E-state index is 13.1. The van der Waals surface area contributed by atoms with Crippen LogP contribution in [-0.2, 0) is 14.3 Å². The molecule has 0 aliphatic carbocycles. The molecular weight excluding hydrogens is 416 g/mol. The molecule has 4 atom stereocenters. The number of anilines is 1. The lowest BCUT2D eigenvalue weighted by molar-refractivity contribution is -0.147. The molecule has 1 aromatic carbocycles. The summed E-state index contributed by atoms with van der Waals surface area (Å²) < 4.78 is 5.69. The van der Waals surface area contributed by atoms with Gasteiger partial charge in [0.25, 0.3) is 5.91 Å². The Kier molecular flexibility index (Phi) is 5.61. The Morgan fingerprint density at radius 2 is 1.74 bits per heavy atom. The van der Waals surface area contributed by atoms with Crippen LogP contribution in [0.2, 0.25) is 0 Å². The predicted molar refractivity (Wildman–Crippen MR) is 118 cm³/mol. The second-order valence-corrected chi connectivity index (χ2v) is 9.77. The minimum absolute atomic E-state index is 0.254. The zero-order valence-corrected chi connectivity index (χ0v) is 18.5. The molecule has 31 heavy (non-hydrogen) atoms. The highest BCUT2D eigenvalue weighted by Crippen LogP contribution is 2.45. The smallest absolute Gasteiger partial charge is 0.310 e. The first-order valence-corrected chi connectivity index (χ1v) is 11.2. The molecule has 1 aromatic heterocycles. The van der Waals surface area contributed by atoms with Gasteiger partial charge in [0.05, 0.1) is 29.6 Å². The molecule has 2 aromatic rings. The fraction of sp³-hybridized carbons (Fsp3) is 0.435. The van der Waals surface area contributed by atoms with Gasteiger partial charge in [-0.15, -0.1) is 11.3 Å². The molecule has 2 saturated heterocycles. The highest BCUT2D eigenvalue weighted by molar-refractivity contribution is 7.17.